The SMILES string of the molecule is CCNC(CO)c1ccc2c(c1)CCC2. The van der Waals surface area contributed by atoms with Gasteiger partial charge in [-0.15, -0.1) is 0 Å². The van der Waals surface area contributed by atoms with Crippen LogP contribution in [0.25, 0.3) is 0 Å². The molecule has 0 spiro atoms. The van der Waals surface area contributed by atoms with Gasteiger partial charge in [0.2, 0.25) is 0 Å². The number of aryl methyl sites for hydroxylation is 2. The lowest BCUT2D eigenvalue weighted by Crippen LogP contribution is -2.24. The maximum absolute atomic E-state index is 9.30. The molecule has 0 aliphatic heterocycles. The van der Waals surface area contributed by atoms with Gasteiger partial charge in [-0.3, -0.25) is 0 Å². The fourth-order valence-electron chi connectivity index (χ4n) is 2.34. The van der Waals surface area contributed by atoms with Crippen LogP contribution >= 0.6 is 0 Å². The fraction of sp³-hybridized carbons (Fsp3) is 0.538. The number of rotatable bonds is 4. The number of likely N-dealkylation sites (N-methyl/N-ethyl adjacent to an activating group) is 1. The van der Waals surface area contributed by atoms with E-state index in [1.165, 1.54) is 36.0 Å². The van der Waals surface area contributed by atoms with E-state index in [4.69, 9.17) is 0 Å². The number of nitrogens with one attached hydrogen (secondary N) is 1. The molecule has 0 heterocycles. The minimum Gasteiger partial charge on any atom is -0.394 e. The molecular weight excluding hydrogens is 186 g/mol. The highest BCUT2D eigenvalue weighted by Crippen LogP contribution is 2.25. The zero-order valence-corrected chi connectivity index (χ0v) is 9.29. The Labute approximate surface area is 91.3 Å². The lowest BCUT2D eigenvalue weighted by atomic mass is 10.0. The van der Waals surface area contributed by atoms with Crippen molar-refractivity contribution in [1.29, 1.82) is 0 Å². The third kappa shape index (κ3) is 2.21. The van der Waals surface area contributed by atoms with Crippen LogP contribution in [0, 0.1) is 0 Å². The third-order valence-corrected chi connectivity index (χ3v) is 3.16. The Hall–Kier alpha value is -0.860. The van der Waals surface area contributed by atoms with E-state index in [0.29, 0.717) is 0 Å². The predicted molar refractivity (Wildman–Crippen MR) is 62.0 cm³/mol. The van der Waals surface area contributed by atoms with Gasteiger partial charge in [-0.05, 0) is 42.5 Å². The number of fused-ring (bicyclic) bond motifs is 1. The molecule has 0 fully saturated rings. The van der Waals surface area contributed by atoms with Crippen molar-refractivity contribution < 1.29 is 5.11 Å². The molecule has 82 valence electrons. The minimum atomic E-state index is 0.0981. The van der Waals surface area contributed by atoms with E-state index in [1.54, 1.807) is 0 Å². The van der Waals surface area contributed by atoms with Crippen LogP contribution in [0.1, 0.15) is 36.1 Å². The predicted octanol–water partition coefficient (Wildman–Crippen LogP) is 1.82. The largest absolute Gasteiger partial charge is 0.394 e. The van der Waals surface area contributed by atoms with Crippen LogP contribution in [0.2, 0.25) is 0 Å². The summed E-state index contributed by atoms with van der Waals surface area (Å²) in [5.74, 6) is 0. The number of hydrogen-bond acceptors (Lipinski definition) is 2. The van der Waals surface area contributed by atoms with Crippen molar-refractivity contribution in [3.05, 3.63) is 34.9 Å². The highest BCUT2D eigenvalue weighted by molar-refractivity contribution is 5.36. The highest BCUT2D eigenvalue weighted by atomic mass is 16.3. The topological polar surface area (TPSA) is 32.3 Å². The minimum absolute atomic E-state index is 0.0981. The Morgan fingerprint density at radius 1 is 1.33 bits per heavy atom. The van der Waals surface area contributed by atoms with E-state index in [9.17, 15) is 5.11 Å². The zero-order valence-electron chi connectivity index (χ0n) is 9.29. The fourth-order valence-corrected chi connectivity index (χ4v) is 2.34. The molecule has 1 atom stereocenters. The van der Waals surface area contributed by atoms with Crippen LogP contribution in [0.4, 0.5) is 0 Å². The van der Waals surface area contributed by atoms with Gasteiger partial charge >= 0.3 is 0 Å². The number of benzene rings is 1. The third-order valence-electron chi connectivity index (χ3n) is 3.16. The van der Waals surface area contributed by atoms with Crippen molar-refractivity contribution in [2.24, 2.45) is 0 Å². The van der Waals surface area contributed by atoms with Crippen LogP contribution in [0.5, 0.6) is 0 Å². The highest BCUT2D eigenvalue weighted by Gasteiger charge is 2.14. The number of aliphatic hydroxyl groups excluding tert-OH is 1. The summed E-state index contributed by atoms with van der Waals surface area (Å²) in [7, 11) is 0. The molecule has 2 N–H and O–H groups in total. The van der Waals surface area contributed by atoms with E-state index < -0.39 is 0 Å². The van der Waals surface area contributed by atoms with Gasteiger partial charge in [-0.1, -0.05) is 25.1 Å². The molecule has 1 aliphatic carbocycles. The van der Waals surface area contributed by atoms with E-state index in [0.717, 1.165) is 6.54 Å². The Morgan fingerprint density at radius 2 is 2.13 bits per heavy atom. The molecule has 1 aromatic rings. The number of hydrogen-bond donors (Lipinski definition) is 2. The first-order valence-electron chi connectivity index (χ1n) is 5.81. The summed E-state index contributed by atoms with van der Waals surface area (Å²) in [5, 5.41) is 12.6. The molecule has 0 aromatic heterocycles. The van der Waals surface area contributed by atoms with Crippen molar-refractivity contribution in [3.63, 3.8) is 0 Å². The summed E-state index contributed by atoms with van der Waals surface area (Å²) in [4.78, 5) is 0. The summed E-state index contributed by atoms with van der Waals surface area (Å²) in [6.45, 7) is 3.13. The molecule has 2 rings (SSSR count). The normalized spacial score (nSPS) is 16.4. The molecule has 1 unspecified atom stereocenters. The van der Waals surface area contributed by atoms with Gasteiger partial charge in [0.25, 0.3) is 0 Å². The average Bonchev–Trinajstić information content (AvgIpc) is 2.72. The Kier molecular flexibility index (Phi) is 3.39. The maximum atomic E-state index is 9.30. The first-order valence-corrected chi connectivity index (χ1v) is 5.81. The van der Waals surface area contributed by atoms with Crippen LogP contribution in [0.15, 0.2) is 18.2 Å². The number of aliphatic hydroxyl groups is 1. The summed E-state index contributed by atoms with van der Waals surface area (Å²) in [6, 6.07) is 6.72. The summed E-state index contributed by atoms with van der Waals surface area (Å²) in [5.41, 5.74) is 4.19. The first-order chi connectivity index (χ1) is 7.35. The lowest BCUT2D eigenvalue weighted by Gasteiger charge is -2.16. The standard InChI is InChI=1S/C13H19NO/c1-2-14-13(9-15)12-7-6-10-4-3-5-11(10)8-12/h6-8,13-15H,2-5,9H2,1H3. The van der Waals surface area contributed by atoms with E-state index in [-0.39, 0.29) is 12.6 Å². The van der Waals surface area contributed by atoms with Gasteiger partial charge in [-0.25, -0.2) is 0 Å². The van der Waals surface area contributed by atoms with E-state index in [2.05, 4.69) is 30.4 Å². The van der Waals surface area contributed by atoms with Crippen molar-refractivity contribution in [2.75, 3.05) is 13.2 Å². The summed E-state index contributed by atoms with van der Waals surface area (Å²) in [6.07, 6.45) is 3.71. The average molecular weight is 205 g/mol. The van der Waals surface area contributed by atoms with Gasteiger partial charge in [0.1, 0.15) is 0 Å². The van der Waals surface area contributed by atoms with Crippen LogP contribution in [0.3, 0.4) is 0 Å². The molecular formula is C13H19NO. The first kappa shape index (κ1) is 10.7. The van der Waals surface area contributed by atoms with Gasteiger partial charge in [0.05, 0.1) is 12.6 Å². The Bertz CT molecular complexity index is 335. The Balaban J connectivity index is 2.20. The summed E-state index contributed by atoms with van der Waals surface area (Å²) < 4.78 is 0. The van der Waals surface area contributed by atoms with Gasteiger partial charge in [0, 0.05) is 0 Å². The van der Waals surface area contributed by atoms with Gasteiger partial charge in [0.15, 0.2) is 0 Å². The molecule has 0 radical (unpaired) electrons. The molecule has 15 heavy (non-hydrogen) atoms. The molecule has 0 amide bonds. The molecule has 0 bridgehead atoms. The van der Waals surface area contributed by atoms with Crippen molar-refractivity contribution in [1.82, 2.24) is 5.32 Å². The van der Waals surface area contributed by atoms with E-state index in [1.807, 2.05) is 0 Å². The van der Waals surface area contributed by atoms with Crippen LogP contribution < -0.4 is 5.32 Å². The van der Waals surface area contributed by atoms with Crippen LogP contribution in [-0.2, 0) is 12.8 Å². The molecule has 0 saturated heterocycles. The quantitative estimate of drug-likeness (QED) is 0.786. The van der Waals surface area contributed by atoms with Crippen molar-refractivity contribution in [2.45, 2.75) is 32.2 Å². The molecule has 2 nitrogen and oxygen atoms in total. The van der Waals surface area contributed by atoms with Gasteiger partial charge in [-0.2, -0.15) is 0 Å². The molecule has 0 saturated carbocycles. The molecule has 2 heteroatoms. The molecule has 1 aliphatic rings. The van der Waals surface area contributed by atoms with Crippen LogP contribution in [-0.4, -0.2) is 18.3 Å². The second-order valence-electron chi connectivity index (χ2n) is 4.17. The smallest absolute Gasteiger partial charge is 0.0626 e. The Morgan fingerprint density at radius 3 is 2.87 bits per heavy atom. The van der Waals surface area contributed by atoms with Gasteiger partial charge < -0.3 is 10.4 Å². The second-order valence-corrected chi connectivity index (χ2v) is 4.17. The molecule has 1 aromatic carbocycles. The summed E-state index contributed by atoms with van der Waals surface area (Å²) >= 11 is 0. The van der Waals surface area contributed by atoms with Crippen molar-refractivity contribution >= 4 is 0 Å². The monoisotopic (exact) mass is 205 g/mol. The van der Waals surface area contributed by atoms with Crippen molar-refractivity contribution in [3.8, 4) is 0 Å². The lowest BCUT2D eigenvalue weighted by molar-refractivity contribution is 0.246. The second kappa shape index (κ2) is 4.77. The zero-order chi connectivity index (χ0) is 10.7. The maximum Gasteiger partial charge on any atom is 0.0626 e. The van der Waals surface area contributed by atoms with E-state index >= 15 is 0 Å².